The molecule has 0 saturated carbocycles. The Morgan fingerprint density at radius 1 is 1.33 bits per heavy atom. The van der Waals surface area contributed by atoms with Gasteiger partial charge in [0.25, 0.3) is 10.0 Å². The van der Waals surface area contributed by atoms with Crippen molar-refractivity contribution in [3.63, 3.8) is 0 Å². The molecule has 0 radical (unpaired) electrons. The summed E-state index contributed by atoms with van der Waals surface area (Å²) in [6.45, 7) is -0.889. The first-order valence-electron chi connectivity index (χ1n) is 5.74. The number of fused-ring (bicyclic) bond motifs is 1. The number of nitrogens with zero attached hydrogens (tertiary/aromatic N) is 5. The Hall–Kier alpha value is -2.66. The van der Waals surface area contributed by atoms with Crippen LogP contribution >= 0.6 is 0 Å². The molecule has 10 heteroatoms. The molecule has 0 aliphatic heterocycles. The number of nitrogens with one attached hydrogen (secondary N) is 1. The van der Waals surface area contributed by atoms with Gasteiger partial charge in [-0.25, -0.2) is 19.2 Å². The summed E-state index contributed by atoms with van der Waals surface area (Å²) in [5, 5.41) is 17.3. The van der Waals surface area contributed by atoms with Crippen molar-refractivity contribution in [3.05, 3.63) is 24.4 Å². The Morgan fingerprint density at radius 3 is 2.57 bits per heavy atom. The number of hydrogen-bond acceptors (Lipinski definition) is 7. The summed E-state index contributed by atoms with van der Waals surface area (Å²) in [6.07, 6.45) is 1.51. The van der Waals surface area contributed by atoms with E-state index in [1.807, 2.05) is 0 Å². The summed E-state index contributed by atoms with van der Waals surface area (Å²) in [6, 6.07) is 8.38. The molecule has 9 nitrogen and oxygen atoms in total. The highest BCUT2D eigenvalue weighted by Gasteiger charge is 2.31. The van der Waals surface area contributed by atoms with Crippen molar-refractivity contribution >= 4 is 21.5 Å². The van der Waals surface area contributed by atoms with Crippen LogP contribution in [-0.2, 0) is 10.0 Å². The van der Waals surface area contributed by atoms with Gasteiger partial charge >= 0.3 is 0 Å². The van der Waals surface area contributed by atoms with E-state index in [1.54, 1.807) is 30.3 Å². The molecule has 0 atom stereocenters. The minimum Gasteiger partial charge on any atom is -0.306 e. The van der Waals surface area contributed by atoms with Crippen LogP contribution in [0.2, 0.25) is 0 Å². The van der Waals surface area contributed by atoms with Gasteiger partial charge in [0, 0.05) is 6.20 Å². The highest BCUT2D eigenvalue weighted by Crippen LogP contribution is 2.25. The number of hydrogen-bond donors (Lipinski definition) is 2. The number of hydrazine groups is 1. The van der Waals surface area contributed by atoms with Crippen molar-refractivity contribution in [3.8, 4) is 12.1 Å². The van der Waals surface area contributed by atoms with Gasteiger partial charge < -0.3 is 5.43 Å². The van der Waals surface area contributed by atoms with Gasteiger partial charge in [-0.3, -0.25) is 4.40 Å². The zero-order valence-electron chi connectivity index (χ0n) is 10.8. The quantitative estimate of drug-likeness (QED) is 0.437. The van der Waals surface area contributed by atoms with E-state index < -0.39 is 23.1 Å². The third-order valence-electron chi connectivity index (χ3n) is 2.70. The summed E-state index contributed by atoms with van der Waals surface area (Å²) in [7, 11) is -4.11. The molecule has 2 rings (SSSR count). The maximum atomic E-state index is 12.6. The van der Waals surface area contributed by atoms with E-state index in [2.05, 4.69) is 10.4 Å². The molecule has 0 aromatic carbocycles. The Balaban J connectivity index is 2.69. The van der Waals surface area contributed by atoms with E-state index >= 15 is 0 Å². The molecule has 21 heavy (non-hydrogen) atoms. The van der Waals surface area contributed by atoms with Crippen LogP contribution in [0.25, 0.3) is 5.65 Å². The predicted molar refractivity (Wildman–Crippen MR) is 73.0 cm³/mol. The van der Waals surface area contributed by atoms with Gasteiger partial charge in [-0.1, -0.05) is 6.07 Å². The zero-order valence-corrected chi connectivity index (χ0v) is 11.6. The van der Waals surface area contributed by atoms with E-state index in [0.29, 0.717) is 5.65 Å². The van der Waals surface area contributed by atoms with Gasteiger partial charge in [-0.05, 0) is 12.1 Å². The van der Waals surface area contributed by atoms with Crippen molar-refractivity contribution in [2.45, 2.75) is 5.03 Å². The molecule has 0 saturated heterocycles. The topological polar surface area (TPSA) is 140 Å². The van der Waals surface area contributed by atoms with Crippen molar-refractivity contribution in [2.24, 2.45) is 5.84 Å². The van der Waals surface area contributed by atoms with E-state index in [-0.39, 0.29) is 10.8 Å². The minimum atomic E-state index is -4.11. The van der Waals surface area contributed by atoms with Crippen LogP contribution < -0.4 is 11.3 Å². The first-order chi connectivity index (χ1) is 10.1. The molecular weight excluding hydrogens is 294 g/mol. The predicted octanol–water partition coefficient (Wildman–Crippen LogP) is -0.342. The molecule has 2 aromatic rings. The molecule has 0 aliphatic rings. The molecule has 3 N–H and O–H groups in total. The lowest BCUT2D eigenvalue weighted by Gasteiger charge is -2.16. The summed E-state index contributed by atoms with van der Waals surface area (Å²) in [4.78, 5) is 4.06. The minimum absolute atomic E-state index is 0.0536. The first kappa shape index (κ1) is 14.7. The number of nitrogen functional groups attached to an aromatic ring is 1. The van der Waals surface area contributed by atoms with Gasteiger partial charge in [0.1, 0.15) is 18.7 Å². The lowest BCUT2D eigenvalue weighted by Crippen LogP contribution is -2.33. The summed E-state index contributed by atoms with van der Waals surface area (Å²) >= 11 is 0. The smallest absolute Gasteiger partial charge is 0.264 e. The normalized spacial score (nSPS) is 11.2. The number of nitriles is 2. The Kier molecular flexibility index (Phi) is 4.05. The number of aromatic nitrogens is 2. The van der Waals surface area contributed by atoms with Crippen LogP contribution in [0.3, 0.4) is 0 Å². The van der Waals surface area contributed by atoms with Crippen molar-refractivity contribution in [2.75, 3.05) is 18.5 Å². The maximum Gasteiger partial charge on any atom is 0.264 e. The third kappa shape index (κ3) is 2.51. The molecule has 0 aliphatic carbocycles. The number of pyridine rings is 1. The number of sulfonamides is 1. The number of nitrogens with two attached hydrogens (primary N) is 1. The Labute approximate surface area is 120 Å². The third-order valence-corrected chi connectivity index (χ3v) is 4.52. The Bertz CT molecular complexity index is 828. The maximum absolute atomic E-state index is 12.6. The van der Waals surface area contributed by atoms with Crippen LogP contribution in [0.4, 0.5) is 5.82 Å². The largest absolute Gasteiger partial charge is 0.306 e. The number of anilines is 1. The fraction of sp³-hybridized carbons (Fsp3) is 0.182. The average molecular weight is 305 g/mol. The molecule has 0 amide bonds. The van der Waals surface area contributed by atoms with E-state index in [0.717, 1.165) is 4.31 Å². The zero-order chi connectivity index (χ0) is 15.5. The van der Waals surface area contributed by atoms with Gasteiger partial charge in [-0.15, -0.1) is 0 Å². The van der Waals surface area contributed by atoms with Crippen LogP contribution in [-0.4, -0.2) is 35.2 Å². The van der Waals surface area contributed by atoms with Crippen LogP contribution in [0, 0.1) is 22.7 Å². The summed E-state index contributed by atoms with van der Waals surface area (Å²) in [5.41, 5.74) is 2.60. The monoisotopic (exact) mass is 305 g/mol. The molecule has 0 bridgehead atoms. The second-order valence-electron chi connectivity index (χ2n) is 3.93. The SMILES string of the molecule is N#CCN(CC#N)S(=O)(=O)c1c(NN)nc2ccccn12. The molecular formula is C11H11N7O2S. The second kappa shape index (κ2) is 5.76. The highest BCUT2D eigenvalue weighted by atomic mass is 32.2. The second-order valence-corrected chi connectivity index (χ2v) is 5.78. The van der Waals surface area contributed by atoms with Gasteiger partial charge in [0.15, 0.2) is 5.82 Å². The standard InChI is InChI=1S/C11H11N7O2S/c12-4-7-17(8-5-13)21(19,20)11-10(16-14)15-9-3-1-2-6-18(9)11/h1-3,6,16H,7-8,14H2. The van der Waals surface area contributed by atoms with Crippen LogP contribution in [0.15, 0.2) is 29.4 Å². The summed E-state index contributed by atoms with van der Waals surface area (Å²) < 4.78 is 27.3. The fourth-order valence-electron chi connectivity index (χ4n) is 1.82. The van der Waals surface area contributed by atoms with Crippen molar-refractivity contribution < 1.29 is 8.42 Å². The van der Waals surface area contributed by atoms with E-state index in [1.165, 1.54) is 10.6 Å². The molecule has 2 aromatic heterocycles. The van der Waals surface area contributed by atoms with Crippen molar-refractivity contribution in [1.29, 1.82) is 10.5 Å². The van der Waals surface area contributed by atoms with Gasteiger partial charge in [0.2, 0.25) is 5.03 Å². The lowest BCUT2D eigenvalue weighted by atomic mass is 10.5. The molecule has 0 unspecified atom stereocenters. The molecule has 108 valence electrons. The number of rotatable bonds is 5. The average Bonchev–Trinajstić information content (AvgIpc) is 2.86. The van der Waals surface area contributed by atoms with Crippen molar-refractivity contribution in [1.82, 2.24) is 13.7 Å². The van der Waals surface area contributed by atoms with E-state index in [4.69, 9.17) is 16.4 Å². The number of imidazole rings is 1. The lowest BCUT2D eigenvalue weighted by molar-refractivity contribution is 0.476. The summed E-state index contributed by atoms with van der Waals surface area (Å²) in [5.74, 6) is 5.27. The van der Waals surface area contributed by atoms with Crippen LogP contribution in [0.5, 0.6) is 0 Å². The highest BCUT2D eigenvalue weighted by molar-refractivity contribution is 7.89. The Morgan fingerprint density at radius 2 is 2.00 bits per heavy atom. The molecule has 2 heterocycles. The van der Waals surface area contributed by atoms with Gasteiger partial charge in [-0.2, -0.15) is 14.8 Å². The molecule has 0 spiro atoms. The van der Waals surface area contributed by atoms with E-state index in [9.17, 15) is 8.42 Å². The molecule has 0 fully saturated rings. The fourth-order valence-corrected chi connectivity index (χ4v) is 3.27. The first-order valence-corrected chi connectivity index (χ1v) is 7.18. The van der Waals surface area contributed by atoms with Crippen LogP contribution in [0.1, 0.15) is 0 Å². The van der Waals surface area contributed by atoms with Gasteiger partial charge in [0.05, 0.1) is 12.1 Å².